The average Bonchev–Trinajstić information content (AvgIpc) is 2.84. The number of hydrogen-bond acceptors (Lipinski definition) is 4. The van der Waals surface area contributed by atoms with Gasteiger partial charge in [0.25, 0.3) is 0 Å². The van der Waals surface area contributed by atoms with Crippen molar-refractivity contribution in [2.24, 2.45) is 0 Å². The fourth-order valence-electron chi connectivity index (χ4n) is 2.09. The van der Waals surface area contributed by atoms with Crippen LogP contribution in [0.2, 0.25) is 0 Å². The molecule has 0 atom stereocenters. The van der Waals surface area contributed by atoms with Crippen LogP contribution in [-0.2, 0) is 28.0 Å². The van der Waals surface area contributed by atoms with Gasteiger partial charge in [0.2, 0.25) is 5.91 Å². The number of aromatic nitrogens is 3. The van der Waals surface area contributed by atoms with Crippen molar-refractivity contribution in [2.45, 2.75) is 39.2 Å². The first-order valence-electron chi connectivity index (χ1n) is 7.25. The lowest BCUT2D eigenvalue weighted by atomic mass is 9.87. The Hall–Kier alpha value is -2.70. The van der Waals surface area contributed by atoms with Crippen molar-refractivity contribution >= 4 is 17.6 Å². The lowest BCUT2D eigenvalue weighted by Gasteiger charge is -2.19. The summed E-state index contributed by atoms with van der Waals surface area (Å²) in [6.07, 6.45) is 1.13. The van der Waals surface area contributed by atoms with Crippen LogP contribution in [0.3, 0.4) is 0 Å². The first-order chi connectivity index (χ1) is 10.8. The molecule has 0 spiro atoms. The van der Waals surface area contributed by atoms with Crippen LogP contribution in [0.4, 0.5) is 5.69 Å². The van der Waals surface area contributed by atoms with Gasteiger partial charge in [-0.05, 0) is 23.1 Å². The quantitative estimate of drug-likeness (QED) is 0.877. The highest BCUT2D eigenvalue weighted by Gasteiger charge is 2.14. The average molecular weight is 316 g/mol. The van der Waals surface area contributed by atoms with Gasteiger partial charge < -0.3 is 10.4 Å². The van der Waals surface area contributed by atoms with Gasteiger partial charge >= 0.3 is 5.97 Å². The Morgan fingerprint density at radius 1 is 1.22 bits per heavy atom. The van der Waals surface area contributed by atoms with Crippen molar-refractivity contribution in [3.8, 4) is 0 Å². The molecule has 0 bridgehead atoms. The van der Waals surface area contributed by atoms with Crippen LogP contribution >= 0.6 is 0 Å². The Bertz CT molecular complexity index is 699. The molecular weight excluding hydrogens is 296 g/mol. The predicted molar refractivity (Wildman–Crippen MR) is 85.1 cm³/mol. The minimum atomic E-state index is -0.994. The second-order valence-electron chi connectivity index (χ2n) is 6.33. The van der Waals surface area contributed by atoms with Crippen molar-refractivity contribution in [1.82, 2.24) is 15.0 Å². The van der Waals surface area contributed by atoms with E-state index in [1.165, 1.54) is 16.4 Å². The van der Waals surface area contributed by atoms with Crippen LogP contribution in [0.25, 0.3) is 0 Å². The van der Waals surface area contributed by atoms with Gasteiger partial charge in [-0.3, -0.25) is 9.59 Å². The molecule has 1 aromatic carbocycles. The number of carbonyl (C=O) groups is 2. The molecule has 1 aromatic heterocycles. The van der Waals surface area contributed by atoms with Gasteiger partial charge in [-0.2, -0.15) is 0 Å². The molecule has 1 amide bonds. The molecule has 2 rings (SSSR count). The minimum Gasteiger partial charge on any atom is -0.481 e. The van der Waals surface area contributed by atoms with Crippen LogP contribution in [0.15, 0.2) is 30.5 Å². The zero-order chi connectivity index (χ0) is 17.0. The van der Waals surface area contributed by atoms with Gasteiger partial charge in [0, 0.05) is 5.69 Å². The van der Waals surface area contributed by atoms with E-state index >= 15 is 0 Å². The summed E-state index contributed by atoms with van der Waals surface area (Å²) in [5.74, 6) is -1.28. The highest BCUT2D eigenvalue weighted by atomic mass is 16.4. The third kappa shape index (κ3) is 4.64. The van der Waals surface area contributed by atoms with E-state index in [-0.39, 0.29) is 24.3 Å². The fraction of sp³-hybridized carbons (Fsp3) is 0.375. The van der Waals surface area contributed by atoms with Crippen molar-refractivity contribution < 1.29 is 14.7 Å². The number of carboxylic acid groups (broad SMARTS) is 1. The normalized spacial score (nSPS) is 11.3. The molecule has 0 unspecified atom stereocenters. The number of anilines is 1. The molecule has 1 heterocycles. The summed E-state index contributed by atoms with van der Waals surface area (Å²) in [5.41, 5.74) is 2.30. The molecule has 7 heteroatoms. The molecular formula is C16H20N4O3. The Morgan fingerprint density at radius 3 is 2.43 bits per heavy atom. The highest BCUT2D eigenvalue weighted by molar-refractivity contribution is 5.90. The van der Waals surface area contributed by atoms with Crippen molar-refractivity contribution in [1.29, 1.82) is 0 Å². The topological polar surface area (TPSA) is 97.1 Å². The summed E-state index contributed by atoms with van der Waals surface area (Å²) < 4.78 is 1.28. The number of benzene rings is 1. The van der Waals surface area contributed by atoms with Crippen molar-refractivity contribution in [2.75, 3.05) is 5.32 Å². The first kappa shape index (κ1) is 16.7. The van der Waals surface area contributed by atoms with E-state index < -0.39 is 5.97 Å². The van der Waals surface area contributed by atoms with Crippen molar-refractivity contribution in [3.05, 3.63) is 41.7 Å². The summed E-state index contributed by atoms with van der Waals surface area (Å²) in [4.78, 5) is 22.8. The summed E-state index contributed by atoms with van der Waals surface area (Å²) in [6, 6.07) is 7.64. The van der Waals surface area contributed by atoms with E-state index in [0.717, 1.165) is 0 Å². The zero-order valence-electron chi connectivity index (χ0n) is 13.4. The van der Waals surface area contributed by atoms with Gasteiger partial charge in [0.1, 0.15) is 6.54 Å². The van der Waals surface area contributed by atoms with E-state index in [4.69, 9.17) is 5.11 Å². The molecule has 23 heavy (non-hydrogen) atoms. The van der Waals surface area contributed by atoms with E-state index in [2.05, 4.69) is 36.4 Å². The smallest absolute Gasteiger partial charge is 0.309 e. The van der Waals surface area contributed by atoms with Crippen LogP contribution in [0, 0.1) is 0 Å². The van der Waals surface area contributed by atoms with Crippen molar-refractivity contribution in [3.63, 3.8) is 0 Å². The Balaban J connectivity index is 2.00. The molecule has 2 aromatic rings. The summed E-state index contributed by atoms with van der Waals surface area (Å²) in [5, 5.41) is 18.9. The Kier molecular flexibility index (Phi) is 4.78. The lowest BCUT2D eigenvalue weighted by molar-refractivity contribution is -0.136. The fourth-order valence-corrected chi connectivity index (χ4v) is 2.09. The summed E-state index contributed by atoms with van der Waals surface area (Å²) in [6.45, 7) is 6.28. The van der Waals surface area contributed by atoms with E-state index in [1.807, 2.05) is 24.3 Å². The molecule has 0 saturated heterocycles. The minimum absolute atomic E-state index is 0.0506. The SMILES string of the molecule is CC(C)(C)c1ccc(NC(=O)Cn2nncc2CC(=O)O)cc1. The number of carboxylic acids is 1. The van der Waals surface area contributed by atoms with E-state index in [1.54, 1.807) is 0 Å². The van der Waals surface area contributed by atoms with Crippen LogP contribution in [0.1, 0.15) is 32.0 Å². The maximum absolute atomic E-state index is 12.1. The number of aliphatic carboxylic acids is 1. The number of carbonyl (C=O) groups excluding carboxylic acids is 1. The number of rotatable bonds is 5. The third-order valence-electron chi connectivity index (χ3n) is 3.36. The molecule has 122 valence electrons. The predicted octanol–water partition coefficient (Wildman–Crippen LogP) is 1.84. The second-order valence-corrected chi connectivity index (χ2v) is 6.33. The molecule has 0 aliphatic heterocycles. The molecule has 0 aliphatic rings. The summed E-state index contributed by atoms with van der Waals surface area (Å²) in [7, 11) is 0. The van der Waals surface area contributed by atoms with E-state index in [9.17, 15) is 9.59 Å². The standard InChI is InChI=1S/C16H20N4O3/c1-16(2,3)11-4-6-12(7-5-11)18-14(21)10-20-13(8-15(22)23)9-17-19-20/h4-7,9H,8,10H2,1-3H3,(H,18,21)(H,22,23). The molecule has 0 saturated carbocycles. The maximum atomic E-state index is 12.1. The Morgan fingerprint density at radius 2 is 1.87 bits per heavy atom. The summed E-state index contributed by atoms with van der Waals surface area (Å²) >= 11 is 0. The largest absolute Gasteiger partial charge is 0.481 e. The highest BCUT2D eigenvalue weighted by Crippen LogP contribution is 2.23. The molecule has 0 aliphatic carbocycles. The first-order valence-corrected chi connectivity index (χ1v) is 7.25. The van der Waals surface area contributed by atoms with Gasteiger partial charge in [0.15, 0.2) is 0 Å². The zero-order valence-corrected chi connectivity index (χ0v) is 13.4. The maximum Gasteiger partial charge on any atom is 0.309 e. The monoisotopic (exact) mass is 316 g/mol. The van der Waals surface area contributed by atoms with Gasteiger partial charge in [-0.15, -0.1) is 5.10 Å². The third-order valence-corrected chi connectivity index (χ3v) is 3.36. The van der Waals surface area contributed by atoms with Gasteiger partial charge in [-0.1, -0.05) is 38.1 Å². The number of hydrogen-bond donors (Lipinski definition) is 2. The molecule has 0 radical (unpaired) electrons. The number of nitrogens with one attached hydrogen (secondary N) is 1. The molecule has 0 fully saturated rings. The van der Waals surface area contributed by atoms with Crippen LogP contribution in [-0.4, -0.2) is 32.0 Å². The molecule has 7 nitrogen and oxygen atoms in total. The van der Waals surface area contributed by atoms with Crippen LogP contribution < -0.4 is 5.32 Å². The number of amides is 1. The van der Waals surface area contributed by atoms with Gasteiger partial charge in [0.05, 0.1) is 18.3 Å². The lowest BCUT2D eigenvalue weighted by Crippen LogP contribution is -2.22. The Labute approximate surface area is 134 Å². The second kappa shape index (κ2) is 6.60. The van der Waals surface area contributed by atoms with Gasteiger partial charge in [-0.25, -0.2) is 4.68 Å². The van der Waals surface area contributed by atoms with Crippen LogP contribution in [0.5, 0.6) is 0 Å². The molecule has 2 N–H and O–H groups in total. The van der Waals surface area contributed by atoms with E-state index in [0.29, 0.717) is 11.4 Å². The number of nitrogens with zero attached hydrogens (tertiary/aromatic N) is 3.